The van der Waals surface area contributed by atoms with Crippen LogP contribution in [0.4, 0.5) is 0 Å². The van der Waals surface area contributed by atoms with Crippen molar-refractivity contribution in [3.8, 4) is 33.6 Å². The predicted molar refractivity (Wildman–Crippen MR) is 227 cm³/mol. The number of fused-ring (bicyclic) bond motifs is 7. The van der Waals surface area contributed by atoms with Gasteiger partial charge in [-0.3, -0.25) is 0 Å². The molecule has 2 nitrogen and oxygen atoms in total. The Balaban J connectivity index is 1.16. The van der Waals surface area contributed by atoms with E-state index in [1.807, 2.05) is 12.2 Å². The minimum Gasteiger partial charge on any atom is -0.312 e. The lowest BCUT2D eigenvalue weighted by Crippen LogP contribution is -2.05. The van der Waals surface area contributed by atoms with Crippen LogP contribution in [0.2, 0.25) is 0 Å². The topological polar surface area (TPSA) is 9.86 Å². The SMILES string of the molecule is C1=C=C(c2ccccc2-n2c3c(c4ccc(-c5cccc6cccc(-c7ccccc7-n7c8ccccc8c8ccccc87)c56)cc42)C=CCC3)C=CC=1. The van der Waals surface area contributed by atoms with Crippen molar-refractivity contribution in [1.82, 2.24) is 9.13 Å². The van der Waals surface area contributed by atoms with E-state index in [2.05, 4.69) is 190 Å². The summed E-state index contributed by atoms with van der Waals surface area (Å²) in [6.07, 6.45) is 12.8. The van der Waals surface area contributed by atoms with E-state index < -0.39 is 0 Å². The molecule has 11 rings (SSSR count). The van der Waals surface area contributed by atoms with Crippen LogP contribution in [0.15, 0.2) is 187 Å². The lowest BCUT2D eigenvalue weighted by molar-refractivity contribution is 0.887. The molecular formula is C52H34N2. The summed E-state index contributed by atoms with van der Waals surface area (Å²) < 4.78 is 4.95. The summed E-state index contributed by atoms with van der Waals surface area (Å²) in [6, 6.07) is 55.7. The molecule has 54 heavy (non-hydrogen) atoms. The highest BCUT2D eigenvalue weighted by molar-refractivity contribution is 6.12. The molecule has 0 fully saturated rings. The van der Waals surface area contributed by atoms with Crippen LogP contribution in [0.25, 0.3) is 88.8 Å². The first-order valence-corrected chi connectivity index (χ1v) is 18.8. The Morgan fingerprint density at radius 1 is 0.500 bits per heavy atom. The van der Waals surface area contributed by atoms with Crippen molar-refractivity contribution in [2.75, 3.05) is 0 Å². The molecule has 2 aromatic heterocycles. The van der Waals surface area contributed by atoms with Crippen LogP contribution in [-0.4, -0.2) is 9.13 Å². The highest BCUT2D eigenvalue weighted by Gasteiger charge is 2.23. The maximum absolute atomic E-state index is 3.37. The minimum absolute atomic E-state index is 0.993. The van der Waals surface area contributed by atoms with E-state index in [0.29, 0.717) is 0 Å². The van der Waals surface area contributed by atoms with Gasteiger partial charge in [0.1, 0.15) is 0 Å². The zero-order valence-corrected chi connectivity index (χ0v) is 29.6. The van der Waals surface area contributed by atoms with Gasteiger partial charge in [0.2, 0.25) is 0 Å². The highest BCUT2D eigenvalue weighted by Crippen LogP contribution is 2.43. The molecule has 252 valence electrons. The first-order valence-electron chi connectivity index (χ1n) is 18.8. The van der Waals surface area contributed by atoms with Crippen molar-refractivity contribution in [2.45, 2.75) is 12.8 Å². The van der Waals surface area contributed by atoms with E-state index in [4.69, 9.17) is 0 Å². The fraction of sp³-hybridized carbons (Fsp3) is 0.0385. The Kier molecular flexibility index (Phi) is 6.94. The van der Waals surface area contributed by atoms with Crippen LogP contribution in [0.5, 0.6) is 0 Å². The van der Waals surface area contributed by atoms with Gasteiger partial charge in [-0.15, -0.1) is 0 Å². The minimum atomic E-state index is 0.993. The fourth-order valence-electron chi connectivity index (χ4n) is 8.95. The van der Waals surface area contributed by atoms with Crippen LogP contribution < -0.4 is 0 Å². The van der Waals surface area contributed by atoms with Gasteiger partial charge in [0.05, 0.1) is 27.9 Å². The van der Waals surface area contributed by atoms with Gasteiger partial charge in [0.15, 0.2) is 0 Å². The van der Waals surface area contributed by atoms with Gasteiger partial charge in [-0.1, -0.05) is 151 Å². The molecule has 0 aliphatic heterocycles. The van der Waals surface area contributed by atoms with Gasteiger partial charge in [0, 0.05) is 44.1 Å². The van der Waals surface area contributed by atoms with E-state index in [1.165, 1.54) is 88.4 Å². The first-order chi connectivity index (χ1) is 26.8. The maximum atomic E-state index is 3.37. The molecule has 0 saturated heterocycles. The van der Waals surface area contributed by atoms with Crippen molar-refractivity contribution in [3.05, 3.63) is 204 Å². The van der Waals surface area contributed by atoms with Crippen LogP contribution >= 0.6 is 0 Å². The first kappa shape index (κ1) is 30.5. The molecule has 2 aliphatic carbocycles. The summed E-state index contributed by atoms with van der Waals surface area (Å²) in [7, 11) is 0. The third-order valence-corrected chi connectivity index (χ3v) is 11.3. The average molecular weight is 687 g/mol. The van der Waals surface area contributed by atoms with Crippen molar-refractivity contribution in [2.24, 2.45) is 0 Å². The van der Waals surface area contributed by atoms with E-state index >= 15 is 0 Å². The zero-order valence-electron chi connectivity index (χ0n) is 29.6. The predicted octanol–water partition coefficient (Wildman–Crippen LogP) is 13.4. The smallest absolute Gasteiger partial charge is 0.0544 e. The molecule has 0 N–H and O–H groups in total. The summed E-state index contributed by atoms with van der Waals surface area (Å²) in [6.45, 7) is 0. The lowest BCUT2D eigenvalue weighted by Gasteiger charge is -2.18. The molecule has 2 heterocycles. The summed E-state index contributed by atoms with van der Waals surface area (Å²) in [5.41, 5.74) is 22.3. The van der Waals surface area contributed by atoms with Crippen molar-refractivity contribution in [1.29, 1.82) is 0 Å². The van der Waals surface area contributed by atoms with E-state index in [9.17, 15) is 0 Å². The largest absolute Gasteiger partial charge is 0.312 e. The summed E-state index contributed by atoms with van der Waals surface area (Å²) in [4.78, 5) is 0. The molecule has 9 aromatic rings. The molecule has 0 saturated carbocycles. The van der Waals surface area contributed by atoms with Crippen LogP contribution in [0, 0.1) is 0 Å². The zero-order chi connectivity index (χ0) is 35.6. The van der Waals surface area contributed by atoms with Crippen molar-refractivity contribution >= 4 is 55.1 Å². The molecule has 0 amide bonds. The molecule has 0 atom stereocenters. The molecule has 0 spiro atoms. The third kappa shape index (κ3) is 4.62. The summed E-state index contributed by atoms with van der Waals surface area (Å²) in [5, 5.41) is 6.28. The number of allylic oxidation sites excluding steroid dienone is 5. The normalized spacial score (nSPS) is 13.4. The maximum Gasteiger partial charge on any atom is 0.0544 e. The number of aromatic nitrogens is 2. The van der Waals surface area contributed by atoms with Gasteiger partial charge in [0.25, 0.3) is 0 Å². The number of para-hydroxylation sites is 4. The number of benzene rings is 7. The number of hydrogen-bond acceptors (Lipinski definition) is 0. The van der Waals surface area contributed by atoms with E-state index in [-0.39, 0.29) is 0 Å². The standard InChI is InChI=1S/C52H34N2/c1-2-16-35(17-3-1)38-20-4-9-27-46(38)54-49-30-12-7-23-42(49)44-33-32-37(34-51(44)54)39-25-14-18-36-19-15-26-45(52(36)39)43-24-8-13-31-50(43)53-47-28-10-5-21-40(47)41-22-6-11-29-48(41)53/h1-2,4-11,13-16,18-29,31-34H,12,30H2. The van der Waals surface area contributed by atoms with Gasteiger partial charge in [-0.2, -0.15) is 0 Å². The second kappa shape index (κ2) is 12.3. The average Bonchev–Trinajstić information content (AvgIpc) is 3.76. The van der Waals surface area contributed by atoms with E-state index in [1.54, 1.807) is 0 Å². The molecule has 0 radical (unpaired) electrons. The van der Waals surface area contributed by atoms with Crippen LogP contribution in [0.3, 0.4) is 0 Å². The second-order valence-electron chi connectivity index (χ2n) is 14.2. The van der Waals surface area contributed by atoms with E-state index in [0.717, 1.165) is 24.0 Å². The molecule has 2 aliphatic rings. The number of hydrogen-bond donors (Lipinski definition) is 0. The number of rotatable bonds is 5. The van der Waals surface area contributed by atoms with Crippen LogP contribution in [0.1, 0.15) is 23.2 Å². The molecule has 0 bridgehead atoms. The molecule has 7 aromatic carbocycles. The molecular weight excluding hydrogens is 653 g/mol. The quantitative estimate of drug-likeness (QED) is 0.160. The second-order valence-corrected chi connectivity index (χ2v) is 14.2. The van der Waals surface area contributed by atoms with Gasteiger partial charge < -0.3 is 9.13 Å². The van der Waals surface area contributed by atoms with Gasteiger partial charge >= 0.3 is 0 Å². The molecule has 2 heteroatoms. The fourth-order valence-corrected chi connectivity index (χ4v) is 8.95. The van der Waals surface area contributed by atoms with Gasteiger partial charge in [-0.25, -0.2) is 0 Å². The Hall–Kier alpha value is -7.08. The molecule has 0 unspecified atom stereocenters. The van der Waals surface area contributed by atoms with Gasteiger partial charge in [-0.05, 0) is 82.8 Å². The van der Waals surface area contributed by atoms with Crippen molar-refractivity contribution in [3.63, 3.8) is 0 Å². The Labute approximate surface area is 313 Å². The monoisotopic (exact) mass is 686 g/mol. The Morgan fingerprint density at radius 3 is 1.93 bits per heavy atom. The summed E-state index contributed by atoms with van der Waals surface area (Å²) >= 11 is 0. The Morgan fingerprint density at radius 2 is 1.17 bits per heavy atom. The highest BCUT2D eigenvalue weighted by atomic mass is 15.0. The third-order valence-electron chi connectivity index (χ3n) is 11.3. The lowest BCUT2D eigenvalue weighted by atomic mass is 9.90. The summed E-state index contributed by atoms with van der Waals surface area (Å²) in [5.74, 6) is 0. The number of nitrogens with zero attached hydrogens (tertiary/aromatic N) is 2. The Bertz CT molecular complexity index is 3120. The van der Waals surface area contributed by atoms with Crippen LogP contribution in [-0.2, 0) is 6.42 Å². The van der Waals surface area contributed by atoms with Crippen molar-refractivity contribution < 1.29 is 0 Å².